The molecule has 0 radical (unpaired) electrons. The Bertz CT molecular complexity index is 1330. The van der Waals surface area contributed by atoms with Gasteiger partial charge in [0.2, 0.25) is 0 Å². The average molecular weight is 548 g/mol. The monoisotopic (exact) mass is 547 g/mol. The third-order valence-corrected chi connectivity index (χ3v) is 8.31. The SMILES string of the molecule is O=C(Nc1ccc(OCCCN2CCC3(CC2)OCCO3)c2ccccc12)c1cc(F)cc(N2CCCCC2)c1. The zero-order valence-corrected chi connectivity index (χ0v) is 23.0. The highest BCUT2D eigenvalue weighted by Crippen LogP contribution is 2.33. The lowest BCUT2D eigenvalue weighted by atomic mass is 10.0. The third kappa shape index (κ3) is 6.09. The summed E-state index contributed by atoms with van der Waals surface area (Å²) in [6.07, 6.45) is 6.11. The van der Waals surface area contributed by atoms with Gasteiger partial charge >= 0.3 is 0 Å². The van der Waals surface area contributed by atoms with Crippen molar-refractivity contribution >= 4 is 28.1 Å². The minimum atomic E-state index is -0.397. The fourth-order valence-electron chi connectivity index (χ4n) is 6.11. The summed E-state index contributed by atoms with van der Waals surface area (Å²) in [7, 11) is 0. The topological polar surface area (TPSA) is 63.3 Å². The Morgan fingerprint density at radius 1 is 0.925 bits per heavy atom. The molecule has 1 spiro atoms. The molecule has 0 aliphatic carbocycles. The Morgan fingerprint density at radius 3 is 2.45 bits per heavy atom. The van der Waals surface area contributed by atoms with Crippen LogP contribution in [0.3, 0.4) is 0 Å². The van der Waals surface area contributed by atoms with Crippen LogP contribution in [-0.2, 0) is 9.47 Å². The first-order valence-corrected chi connectivity index (χ1v) is 14.6. The van der Waals surface area contributed by atoms with Crippen LogP contribution in [0.15, 0.2) is 54.6 Å². The Morgan fingerprint density at radius 2 is 1.68 bits per heavy atom. The van der Waals surface area contributed by atoms with Crippen LogP contribution in [0.2, 0.25) is 0 Å². The number of carbonyl (C=O) groups is 1. The van der Waals surface area contributed by atoms with Gasteiger partial charge in [0.05, 0.1) is 19.8 Å². The van der Waals surface area contributed by atoms with Crippen molar-refractivity contribution in [2.75, 3.05) is 62.8 Å². The van der Waals surface area contributed by atoms with E-state index in [2.05, 4.69) is 15.1 Å². The van der Waals surface area contributed by atoms with E-state index >= 15 is 0 Å². The van der Waals surface area contributed by atoms with Crippen molar-refractivity contribution in [2.24, 2.45) is 0 Å². The third-order valence-electron chi connectivity index (χ3n) is 8.31. The van der Waals surface area contributed by atoms with Crippen LogP contribution >= 0.6 is 0 Å². The number of ether oxygens (including phenoxy) is 3. The number of halogens is 1. The number of piperidine rings is 2. The van der Waals surface area contributed by atoms with E-state index in [9.17, 15) is 9.18 Å². The van der Waals surface area contributed by atoms with Gasteiger partial charge in [-0.25, -0.2) is 4.39 Å². The number of anilines is 2. The van der Waals surface area contributed by atoms with Crippen LogP contribution in [0.5, 0.6) is 5.75 Å². The molecule has 0 unspecified atom stereocenters. The van der Waals surface area contributed by atoms with E-state index in [0.717, 1.165) is 87.0 Å². The van der Waals surface area contributed by atoms with Crippen molar-refractivity contribution in [1.29, 1.82) is 0 Å². The van der Waals surface area contributed by atoms with Gasteiger partial charge in [-0.15, -0.1) is 0 Å². The number of hydrogen-bond acceptors (Lipinski definition) is 6. The van der Waals surface area contributed by atoms with Crippen molar-refractivity contribution in [3.8, 4) is 5.75 Å². The summed E-state index contributed by atoms with van der Waals surface area (Å²) in [5, 5.41) is 4.83. The Balaban J connectivity index is 1.08. The molecule has 0 saturated carbocycles. The van der Waals surface area contributed by atoms with E-state index in [1.165, 1.54) is 18.6 Å². The normalized spacial score (nSPS) is 19.3. The van der Waals surface area contributed by atoms with Crippen LogP contribution in [0.25, 0.3) is 10.8 Å². The van der Waals surface area contributed by atoms with Gasteiger partial charge in [-0.1, -0.05) is 24.3 Å². The van der Waals surface area contributed by atoms with Gasteiger partial charge in [-0.3, -0.25) is 4.79 Å². The molecule has 3 aliphatic rings. The van der Waals surface area contributed by atoms with Gasteiger partial charge in [-0.05, 0) is 56.0 Å². The first-order valence-electron chi connectivity index (χ1n) is 14.6. The predicted molar refractivity (Wildman–Crippen MR) is 155 cm³/mol. The molecular weight excluding hydrogens is 509 g/mol. The van der Waals surface area contributed by atoms with E-state index < -0.39 is 5.82 Å². The maximum absolute atomic E-state index is 14.5. The van der Waals surface area contributed by atoms with Crippen LogP contribution in [0.1, 0.15) is 48.9 Å². The summed E-state index contributed by atoms with van der Waals surface area (Å²) in [6, 6.07) is 16.3. The first kappa shape index (κ1) is 27.0. The first-order chi connectivity index (χ1) is 19.6. The molecule has 8 heteroatoms. The highest BCUT2D eigenvalue weighted by atomic mass is 19.1. The number of nitrogens with one attached hydrogen (secondary N) is 1. The second-order valence-electron chi connectivity index (χ2n) is 11.0. The van der Waals surface area contributed by atoms with Crippen LogP contribution in [0, 0.1) is 5.82 Å². The molecule has 6 rings (SSSR count). The molecule has 212 valence electrons. The molecule has 7 nitrogen and oxygen atoms in total. The van der Waals surface area contributed by atoms with Gasteiger partial charge in [-0.2, -0.15) is 0 Å². The zero-order chi connectivity index (χ0) is 27.4. The van der Waals surface area contributed by atoms with E-state index in [1.54, 1.807) is 6.07 Å². The summed E-state index contributed by atoms with van der Waals surface area (Å²) in [5.41, 5.74) is 1.76. The van der Waals surface area contributed by atoms with Crippen LogP contribution in [-0.4, -0.2) is 69.1 Å². The summed E-state index contributed by atoms with van der Waals surface area (Å²) >= 11 is 0. The molecule has 1 amide bonds. The fourth-order valence-corrected chi connectivity index (χ4v) is 6.11. The number of hydrogen-bond donors (Lipinski definition) is 1. The summed E-state index contributed by atoms with van der Waals surface area (Å²) < 4.78 is 32.3. The van der Waals surface area contributed by atoms with Gasteiger partial charge in [0.1, 0.15) is 11.6 Å². The minimum absolute atomic E-state index is 0.319. The van der Waals surface area contributed by atoms with Crippen molar-refractivity contribution in [1.82, 2.24) is 4.90 Å². The second kappa shape index (κ2) is 12.1. The molecule has 0 aromatic heterocycles. The Hall–Kier alpha value is -3.20. The van der Waals surface area contributed by atoms with Gasteiger partial charge in [0.25, 0.3) is 5.91 Å². The standard InChI is InChI=1S/C32H38FN3O4/c33-25-21-24(22-26(23-25)36-14-4-1-5-15-36)31(37)34-29-9-10-30(28-8-3-2-7-27(28)29)38-18-6-13-35-16-11-32(12-17-35)39-19-20-40-32/h2-3,7-10,21-23H,1,4-6,11-20H2,(H,34,37). The molecule has 0 bridgehead atoms. The number of nitrogens with zero attached hydrogens (tertiary/aromatic N) is 2. The number of carbonyl (C=O) groups excluding carboxylic acids is 1. The summed E-state index contributed by atoms with van der Waals surface area (Å²) in [4.78, 5) is 17.8. The molecule has 3 saturated heterocycles. The molecule has 1 N–H and O–H groups in total. The minimum Gasteiger partial charge on any atom is -0.493 e. The van der Waals surface area contributed by atoms with E-state index in [0.29, 0.717) is 31.1 Å². The number of benzene rings is 3. The molecule has 3 aliphatic heterocycles. The maximum atomic E-state index is 14.5. The van der Waals surface area contributed by atoms with Crippen LogP contribution < -0.4 is 15.0 Å². The van der Waals surface area contributed by atoms with Crippen molar-refractivity contribution in [2.45, 2.75) is 44.3 Å². The largest absolute Gasteiger partial charge is 0.493 e. The summed E-state index contributed by atoms with van der Waals surface area (Å²) in [5.74, 6) is -0.274. The second-order valence-corrected chi connectivity index (χ2v) is 11.0. The number of likely N-dealkylation sites (tertiary alicyclic amines) is 1. The lowest BCUT2D eigenvalue weighted by Gasteiger charge is -2.37. The molecule has 3 fully saturated rings. The van der Waals surface area contributed by atoms with E-state index in [-0.39, 0.29) is 11.7 Å². The average Bonchev–Trinajstić information content (AvgIpc) is 3.45. The molecule has 3 aromatic rings. The summed E-state index contributed by atoms with van der Waals surface area (Å²) in [6.45, 7) is 6.70. The van der Waals surface area contributed by atoms with Crippen molar-refractivity contribution < 1.29 is 23.4 Å². The number of rotatable bonds is 8. The molecule has 0 atom stereocenters. The lowest BCUT2D eigenvalue weighted by Crippen LogP contribution is -2.45. The fraction of sp³-hybridized carbons (Fsp3) is 0.469. The highest BCUT2D eigenvalue weighted by Gasteiger charge is 2.39. The Kier molecular flexibility index (Phi) is 8.18. The van der Waals surface area contributed by atoms with Gasteiger partial charge < -0.3 is 29.3 Å². The van der Waals surface area contributed by atoms with Crippen molar-refractivity contribution in [3.63, 3.8) is 0 Å². The maximum Gasteiger partial charge on any atom is 0.255 e. The zero-order valence-electron chi connectivity index (χ0n) is 23.0. The van der Waals surface area contributed by atoms with Gasteiger partial charge in [0.15, 0.2) is 5.79 Å². The lowest BCUT2D eigenvalue weighted by molar-refractivity contribution is -0.185. The molecule has 3 aromatic carbocycles. The smallest absolute Gasteiger partial charge is 0.255 e. The van der Waals surface area contributed by atoms with Crippen molar-refractivity contribution in [3.05, 3.63) is 66.0 Å². The van der Waals surface area contributed by atoms with E-state index in [4.69, 9.17) is 14.2 Å². The van der Waals surface area contributed by atoms with Gasteiger partial charge in [0, 0.05) is 73.3 Å². The van der Waals surface area contributed by atoms with Crippen LogP contribution in [0.4, 0.5) is 15.8 Å². The quantitative estimate of drug-likeness (QED) is 0.358. The molecule has 3 heterocycles. The Labute approximate surface area is 235 Å². The number of amides is 1. The number of fused-ring (bicyclic) bond motifs is 1. The highest BCUT2D eigenvalue weighted by molar-refractivity contribution is 6.10. The van der Waals surface area contributed by atoms with E-state index in [1.807, 2.05) is 36.4 Å². The predicted octanol–water partition coefficient (Wildman–Crippen LogP) is 5.83. The molecule has 40 heavy (non-hydrogen) atoms. The molecular formula is C32H38FN3O4.